The van der Waals surface area contributed by atoms with Crippen LogP contribution in [0, 0.1) is 0 Å². The number of carbonyl (C=O) groups is 1. The summed E-state index contributed by atoms with van der Waals surface area (Å²) in [5, 5.41) is 0. The summed E-state index contributed by atoms with van der Waals surface area (Å²) in [5.74, 6) is 0.167. The molecule has 0 aliphatic heterocycles. The van der Waals surface area contributed by atoms with Gasteiger partial charge in [-0.2, -0.15) is 0 Å². The van der Waals surface area contributed by atoms with Crippen molar-refractivity contribution in [1.82, 2.24) is 4.90 Å². The summed E-state index contributed by atoms with van der Waals surface area (Å²) in [6.07, 6.45) is 9.97. The molecule has 3 nitrogen and oxygen atoms in total. The van der Waals surface area contributed by atoms with Crippen molar-refractivity contribution in [2.75, 3.05) is 13.1 Å². The van der Waals surface area contributed by atoms with E-state index >= 15 is 0 Å². The van der Waals surface area contributed by atoms with E-state index in [1.54, 1.807) is 0 Å². The second-order valence-corrected chi connectivity index (χ2v) is 5.49. The second kappa shape index (κ2) is 12.5. The fourth-order valence-corrected chi connectivity index (χ4v) is 2.22. The fraction of sp³-hybridized carbons (Fsp3) is 0.938. The molecule has 0 radical (unpaired) electrons. The van der Waals surface area contributed by atoms with E-state index in [0.717, 1.165) is 45.2 Å². The van der Waals surface area contributed by atoms with Crippen LogP contribution in [0.2, 0.25) is 0 Å². The van der Waals surface area contributed by atoms with Crippen LogP contribution >= 0.6 is 0 Å². The Labute approximate surface area is 119 Å². The Balaban J connectivity index is 4.21. The number of rotatable bonds is 12. The van der Waals surface area contributed by atoms with Gasteiger partial charge >= 0.3 is 0 Å². The number of hydrogen-bond acceptors (Lipinski definition) is 2. The molecule has 0 fully saturated rings. The Bertz CT molecular complexity index is 209. The first-order valence-electron chi connectivity index (χ1n) is 8.21. The SMILES string of the molecule is CCCCCN(CCCCC)C(=O)C(N)CCCC. The second-order valence-electron chi connectivity index (χ2n) is 5.49. The van der Waals surface area contributed by atoms with Crippen molar-refractivity contribution < 1.29 is 4.79 Å². The molecule has 0 aliphatic rings. The molecule has 0 aromatic heterocycles. The summed E-state index contributed by atoms with van der Waals surface area (Å²) in [5.41, 5.74) is 6.02. The summed E-state index contributed by atoms with van der Waals surface area (Å²) in [4.78, 5) is 14.3. The van der Waals surface area contributed by atoms with E-state index in [2.05, 4.69) is 20.8 Å². The number of unbranched alkanes of at least 4 members (excludes halogenated alkanes) is 5. The molecule has 19 heavy (non-hydrogen) atoms. The molecule has 0 heterocycles. The van der Waals surface area contributed by atoms with Crippen LogP contribution in [-0.4, -0.2) is 29.9 Å². The van der Waals surface area contributed by atoms with E-state index in [0.29, 0.717) is 0 Å². The van der Waals surface area contributed by atoms with Gasteiger partial charge in [-0.15, -0.1) is 0 Å². The van der Waals surface area contributed by atoms with Crippen LogP contribution in [0.1, 0.15) is 78.6 Å². The summed E-state index contributed by atoms with van der Waals surface area (Å²) < 4.78 is 0. The standard InChI is InChI=1S/C16H34N2O/c1-4-7-10-13-18(14-11-8-5-2)16(19)15(17)12-9-6-3/h15H,4-14,17H2,1-3H3. The van der Waals surface area contributed by atoms with Gasteiger partial charge in [0.2, 0.25) is 5.91 Å². The van der Waals surface area contributed by atoms with Crippen LogP contribution in [0.5, 0.6) is 0 Å². The maximum absolute atomic E-state index is 12.3. The molecule has 0 saturated carbocycles. The zero-order valence-corrected chi connectivity index (χ0v) is 13.3. The molecule has 0 spiro atoms. The summed E-state index contributed by atoms with van der Waals surface area (Å²) in [7, 11) is 0. The van der Waals surface area contributed by atoms with Gasteiger partial charge in [0, 0.05) is 13.1 Å². The van der Waals surface area contributed by atoms with Crippen molar-refractivity contribution in [3.8, 4) is 0 Å². The minimum Gasteiger partial charge on any atom is -0.341 e. The minimum atomic E-state index is -0.289. The molecule has 114 valence electrons. The van der Waals surface area contributed by atoms with Crippen LogP contribution in [0.4, 0.5) is 0 Å². The molecular formula is C16H34N2O. The first-order chi connectivity index (χ1) is 9.17. The van der Waals surface area contributed by atoms with Gasteiger partial charge in [-0.1, -0.05) is 59.3 Å². The number of nitrogens with zero attached hydrogens (tertiary/aromatic N) is 1. The Morgan fingerprint density at radius 1 is 0.895 bits per heavy atom. The van der Waals surface area contributed by atoms with Crippen molar-refractivity contribution in [3.63, 3.8) is 0 Å². The lowest BCUT2D eigenvalue weighted by Crippen LogP contribution is -2.44. The molecule has 0 bridgehead atoms. The normalized spacial score (nSPS) is 12.4. The van der Waals surface area contributed by atoms with Crippen LogP contribution < -0.4 is 5.73 Å². The highest BCUT2D eigenvalue weighted by Crippen LogP contribution is 2.07. The molecule has 1 amide bonds. The zero-order chi connectivity index (χ0) is 14.5. The first-order valence-corrected chi connectivity index (χ1v) is 8.21. The summed E-state index contributed by atoms with van der Waals surface area (Å²) >= 11 is 0. The lowest BCUT2D eigenvalue weighted by molar-refractivity contribution is -0.133. The number of hydrogen-bond donors (Lipinski definition) is 1. The van der Waals surface area contributed by atoms with Crippen LogP contribution in [0.25, 0.3) is 0 Å². The van der Waals surface area contributed by atoms with Crippen molar-refractivity contribution in [2.24, 2.45) is 5.73 Å². The highest BCUT2D eigenvalue weighted by Gasteiger charge is 2.19. The molecule has 3 heteroatoms. The number of nitrogens with two attached hydrogens (primary N) is 1. The van der Waals surface area contributed by atoms with E-state index in [1.165, 1.54) is 25.7 Å². The lowest BCUT2D eigenvalue weighted by atomic mass is 10.1. The third-order valence-corrected chi connectivity index (χ3v) is 3.56. The van der Waals surface area contributed by atoms with Gasteiger partial charge in [0.05, 0.1) is 6.04 Å². The van der Waals surface area contributed by atoms with Crippen LogP contribution in [-0.2, 0) is 4.79 Å². The molecule has 0 saturated heterocycles. The highest BCUT2D eigenvalue weighted by atomic mass is 16.2. The average Bonchev–Trinajstić information content (AvgIpc) is 2.42. The lowest BCUT2D eigenvalue weighted by Gasteiger charge is -2.26. The Morgan fingerprint density at radius 2 is 1.37 bits per heavy atom. The van der Waals surface area contributed by atoms with Crippen molar-refractivity contribution >= 4 is 5.91 Å². The summed E-state index contributed by atoms with van der Waals surface area (Å²) in [6, 6.07) is -0.289. The van der Waals surface area contributed by atoms with E-state index in [1.807, 2.05) is 4.90 Å². The van der Waals surface area contributed by atoms with E-state index < -0.39 is 0 Å². The molecule has 0 aromatic carbocycles. The Morgan fingerprint density at radius 3 is 1.79 bits per heavy atom. The fourth-order valence-electron chi connectivity index (χ4n) is 2.22. The van der Waals surface area contributed by atoms with Gasteiger partial charge < -0.3 is 10.6 Å². The van der Waals surface area contributed by atoms with Gasteiger partial charge in [-0.05, 0) is 19.3 Å². The zero-order valence-electron chi connectivity index (χ0n) is 13.3. The van der Waals surface area contributed by atoms with Crippen molar-refractivity contribution in [2.45, 2.75) is 84.6 Å². The highest BCUT2D eigenvalue weighted by molar-refractivity contribution is 5.81. The smallest absolute Gasteiger partial charge is 0.239 e. The molecular weight excluding hydrogens is 236 g/mol. The van der Waals surface area contributed by atoms with Gasteiger partial charge in [0.15, 0.2) is 0 Å². The predicted octanol–water partition coefficient (Wildman–Crippen LogP) is 3.71. The van der Waals surface area contributed by atoms with Crippen molar-refractivity contribution in [1.29, 1.82) is 0 Å². The summed E-state index contributed by atoms with van der Waals surface area (Å²) in [6.45, 7) is 8.29. The third-order valence-electron chi connectivity index (χ3n) is 3.56. The van der Waals surface area contributed by atoms with E-state index in [4.69, 9.17) is 5.73 Å². The van der Waals surface area contributed by atoms with Gasteiger partial charge in [-0.25, -0.2) is 0 Å². The van der Waals surface area contributed by atoms with Crippen LogP contribution in [0.3, 0.4) is 0 Å². The van der Waals surface area contributed by atoms with E-state index in [9.17, 15) is 4.79 Å². The minimum absolute atomic E-state index is 0.167. The molecule has 0 aliphatic carbocycles. The van der Waals surface area contributed by atoms with Gasteiger partial charge in [0.25, 0.3) is 0 Å². The van der Waals surface area contributed by atoms with Crippen LogP contribution in [0.15, 0.2) is 0 Å². The van der Waals surface area contributed by atoms with Crippen molar-refractivity contribution in [3.05, 3.63) is 0 Å². The molecule has 1 atom stereocenters. The van der Waals surface area contributed by atoms with Gasteiger partial charge in [-0.3, -0.25) is 4.79 Å². The molecule has 0 aromatic rings. The largest absolute Gasteiger partial charge is 0.341 e. The third kappa shape index (κ3) is 9.04. The Hall–Kier alpha value is -0.570. The molecule has 0 rings (SSSR count). The average molecular weight is 270 g/mol. The maximum atomic E-state index is 12.3. The maximum Gasteiger partial charge on any atom is 0.239 e. The number of carbonyl (C=O) groups excluding carboxylic acids is 1. The topological polar surface area (TPSA) is 46.3 Å². The Kier molecular flexibility index (Phi) is 12.1. The van der Waals surface area contributed by atoms with Gasteiger partial charge in [0.1, 0.15) is 0 Å². The van der Waals surface area contributed by atoms with E-state index in [-0.39, 0.29) is 11.9 Å². The first kappa shape index (κ1) is 18.4. The number of amides is 1. The monoisotopic (exact) mass is 270 g/mol. The quantitative estimate of drug-likeness (QED) is 0.549. The predicted molar refractivity (Wildman–Crippen MR) is 83.1 cm³/mol. The molecule has 1 unspecified atom stereocenters. The molecule has 2 N–H and O–H groups in total.